The Balaban J connectivity index is 0.00000248. The van der Waals surface area contributed by atoms with Crippen LogP contribution in [-0.2, 0) is 11.3 Å². The molecular formula is C33H52N8O2. The second-order valence-corrected chi connectivity index (χ2v) is 11.0. The van der Waals surface area contributed by atoms with E-state index in [1.165, 1.54) is 17.6 Å². The number of aromatic hydroxyl groups is 1. The lowest BCUT2D eigenvalue weighted by Crippen LogP contribution is -2.28. The van der Waals surface area contributed by atoms with Gasteiger partial charge in [-0.05, 0) is 69.5 Å². The van der Waals surface area contributed by atoms with Gasteiger partial charge in [0.15, 0.2) is 5.88 Å². The minimum absolute atomic E-state index is 0.00432. The third kappa shape index (κ3) is 9.41. The van der Waals surface area contributed by atoms with Crippen LogP contribution in [0.3, 0.4) is 0 Å². The van der Waals surface area contributed by atoms with Gasteiger partial charge < -0.3 is 30.1 Å². The third-order valence-electron chi connectivity index (χ3n) is 7.60. The molecule has 0 spiro atoms. The molecule has 0 radical (unpaired) electrons. The van der Waals surface area contributed by atoms with E-state index in [2.05, 4.69) is 69.2 Å². The molecule has 3 N–H and O–H groups in total. The van der Waals surface area contributed by atoms with E-state index in [0.29, 0.717) is 41.9 Å². The highest BCUT2D eigenvalue weighted by molar-refractivity contribution is 6.06. The number of H-pyrrole nitrogens is 1. The third-order valence-corrected chi connectivity index (χ3v) is 7.60. The van der Waals surface area contributed by atoms with E-state index in [-0.39, 0.29) is 11.8 Å². The van der Waals surface area contributed by atoms with Crippen LogP contribution in [0.2, 0.25) is 0 Å². The number of anilines is 2. The number of carbonyl (C=O) groups excluding carboxylic acids is 1. The molecule has 10 heteroatoms. The molecule has 43 heavy (non-hydrogen) atoms. The van der Waals surface area contributed by atoms with Gasteiger partial charge in [-0.3, -0.25) is 9.79 Å². The lowest BCUT2D eigenvalue weighted by Gasteiger charge is -2.28. The molecule has 3 aromatic rings. The van der Waals surface area contributed by atoms with Crippen LogP contribution >= 0.6 is 0 Å². The molecule has 10 nitrogen and oxygen atoms in total. The Bertz CT molecular complexity index is 1320. The number of aromatic nitrogens is 3. The van der Waals surface area contributed by atoms with E-state index in [1.54, 1.807) is 6.21 Å². The van der Waals surface area contributed by atoms with Crippen molar-refractivity contribution in [2.45, 2.75) is 79.2 Å². The number of aromatic amines is 1. The fourth-order valence-corrected chi connectivity index (χ4v) is 5.46. The molecule has 0 aliphatic carbocycles. The van der Waals surface area contributed by atoms with Crippen LogP contribution in [0.5, 0.6) is 5.88 Å². The first-order chi connectivity index (χ1) is 20.9. The number of aliphatic imine (C=N–C) groups is 1. The van der Waals surface area contributed by atoms with Crippen LogP contribution in [0.25, 0.3) is 11.0 Å². The summed E-state index contributed by atoms with van der Waals surface area (Å²) in [5.74, 6) is 0.820. The highest BCUT2D eigenvalue weighted by Gasteiger charge is 2.17. The van der Waals surface area contributed by atoms with Crippen molar-refractivity contribution in [3.8, 4) is 5.88 Å². The summed E-state index contributed by atoms with van der Waals surface area (Å²) in [6.45, 7) is 13.5. The molecule has 3 heterocycles. The predicted octanol–water partition coefficient (Wildman–Crippen LogP) is 6.33. The van der Waals surface area contributed by atoms with Crippen molar-refractivity contribution >= 4 is 40.3 Å². The fraction of sp³-hybridized carbons (Fsp3) is 0.576. The fourth-order valence-electron chi connectivity index (χ4n) is 5.46. The second-order valence-electron chi connectivity index (χ2n) is 11.0. The molecule has 236 valence electrons. The summed E-state index contributed by atoms with van der Waals surface area (Å²) < 4.78 is 0. The Hall–Kier alpha value is -3.66. The highest BCUT2D eigenvalue weighted by atomic mass is 16.3. The zero-order valence-electron chi connectivity index (χ0n) is 27.1. The van der Waals surface area contributed by atoms with Crippen LogP contribution in [0, 0.1) is 0 Å². The maximum absolute atomic E-state index is 12.6. The lowest BCUT2D eigenvalue weighted by molar-refractivity contribution is -0.130. The van der Waals surface area contributed by atoms with Gasteiger partial charge in [0.05, 0.1) is 16.6 Å². The molecule has 0 unspecified atom stereocenters. The predicted molar refractivity (Wildman–Crippen MR) is 179 cm³/mol. The Labute approximate surface area is 257 Å². The average Bonchev–Trinajstić information content (AvgIpc) is 3.33. The number of nitrogens with zero attached hydrogens (tertiary/aromatic N) is 6. The normalized spacial score (nSPS) is 15.8. The monoisotopic (exact) mass is 592 g/mol. The SMILES string of the molecule is CC.CCCN(CCC)c1ccc2cc1CN(C)CCCCCC(=O)N(C)CCCNc1ncnc3[nH]c(O)c(c13)C=N2. The number of benzene rings is 1. The van der Waals surface area contributed by atoms with Gasteiger partial charge in [-0.1, -0.05) is 34.1 Å². The Morgan fingerprint density at radius 1 is 1.00 bits per heavy atom. The van der Waals surface area contributed by atoms with E-state index >= 15 is 0 Å². The van der Waals surface area contributed by atoms with Crippen molar-refractivity contribution in [1.29, 1.82) is 0 Å². The summed E-state index contributed by atoms with van der Waals surface area (Å²) in [5, 5.41) is 14.8. The molecule has 0 fully saturated rings. The van der Waals surface area contributed by atoms with Crippen molar-refractivity contribution in [2.24, 2.45) is 4.99 Å². The molecule has 1 amide bonds. The summed E-state index contributed by atoms with van der Waals surface area (Å²) in [5.41, 5.74) is 4.40. The molecule has 1 aliphatic rings. The number of carbonyl (C=O) groups is 1. The van der Waals surface area contributed by atoms with Gasteiger partial charge in [-0.25, -0.2) is 9.97 Å². The van der Waals surface area contributed by atoms with Crippen molar-refractivity contribution < 1.29 is 9.90 Å². The Morgan fingerprint density at radius 3 is 2.51 bits per heavy atom. The number of rotatable bonds is 5. The van der Waals surface area contributed by atoms with Crippen LogP contribution < -0.4 is 10.2 Å². The molecule has 0 saturated heterocycles. The van der Waals surface area contributed by atoms with Crippen molar-refractivity contribution in [3.63, 3.8) is 0 Å². The van der Waals surface area contributed by atoms with E-state index in [9.17, 15) is 9.90 Å². The van der Waals surface area contributed by atoms with Crippen LogP contribution in [0.1, 0.15) is 83.8 Å². The van der Waals surface area contributed by atoms with Gasteiger partial charge in [0.25, 0.3) is 0 Å². The van der Waals surface area contributed by atoms with Gasteiger partial charge in [-0.15, -0.1) is 0 Å². The standard InChI is InChI=1S/C31H46N8O2.C2H6/c1-5-15-39(16-6-2)26-13-12-24-19-23(26)21-37(3)17-9-7-8-11-27(40)38(4)18-10-14-32-29-28-25(20-33-24)31(41)36-30(28)35-22-34-29;1-2/h12-13,19-20,22,41H,5-11,14-18,21H2,1-4H3,(H2,32,34,35,36);1-2H3. The first-order valence-corrected chi connectivity index (χ1v) is 16.0. The number of fused-ring (bicyclic) bond motifs is 2. The maximum Gasteiger partial charge on any atom is 0.222 e. The number of nitrogens with one attached hydrogen (secondary N) is 2. The van der Waals surface area contributed by atoms with E-state index in [0.717, 1.165) is 70.4 Å². The zero-order chi connectivity index (χ0) is 31.2. The van der Waals surface area contributed by atoms with Crippen LogP contribution in [0.15, 0.2) is 29.5 Å². The van der Waals surface area contributed by atoms with Crippen molar-refractivity contribution in [1.82, 2.24) is 24.8 Å². The second kappa shape index (κ2) is 17.5. The number of hydrogen-bond acceptors (Lipinski definition) is 8. The van der Waals surface area contributed by atoms with Gasteiger partial charge in [0.2, 0.25) is 5.91 Å². The lowest BCUT2D eigenvalue weighted by atomic mass is 10.1. The maximum atomic E-state index is 12.6. The summed E-state index contributed by atoms with van der Waals surface area (Å²) in [7, 11) is 4.04. The molecule has 0 saturated carbocycles. The van der Waals surface area contributed by atoms with Crippen molar-refractivity contribution in [2.75, 3.05) is 57.0 Å². The van der Waals surface area contributed by atoms with Gasteiger partial charge >= 0.3 is 0 Å². The molecular weight excluding hydrogens is 540 g/mol. The van der Waals surface area contributed by atoms with E-state index in [4.69, 9.17) is 4.99 Å². The molecule has 1 aliphatic heterocycles. The molecule has 2 bridgehead atoms. The van der Waals surface area contributed by atoms with Crippen LogP contribution in [0.4, 0.5) is 17.2 Å². The van der Waals surface area contributed by atoms with Crippen molar-refractivity contribution in [3.05, 3.63) is 35.7 Å². The summed E-state index contributed by atoms with van der Waals surface area (Å²) in [6, 6.07) is 6.40. The van der Waals surface area contributed by atoms with Crippen LogP contribution in [-0.4, -0.2) is 88.8 Å². The molecule has 1 aromatic carbocycles. The van der Waals surface area contributed by atoms with Gasteiger partial charge in [0, 0.05) is 58.1 Å². The summed E-state index contributed by atoms with van der Waals surface area (Å²) >= 11 is 0. The minimum atomic E-state index is 0.00432. The number of hydrogen-bond donors (Lipinski definition) is 3. The zero-order valence-corrected chi connectivity index (χ0v) is 27.1. The topological polar surface area (TPSA) is 113 Å². The molecule has 0 atom stereocenters. The summed E-state index contributed by atoms with van der Waals surface area (Å²) in [4.78, 5) is 35.8. The van der Waals surface area contributed by atoms with E-state index < -0.39 is 0 Å². The largest absolute Gasteiger partial charge is 0.494 e. The number of amides is 1. The molecule has 4 rings (SSSR count). The van der Waals surface area contributed by atoms with Gasteiger partial charge in [-0.2, -0.15) is 0 Å². The average molecular weight is 593 g/mol. The highest BCUT2D eigenvalue weighted by Crippen LogP contribution is 2.31. The Kier molecular flexibility index (Phi) is 13.7. The van der Waals surface area contributed by atoms with Gasteiger partial charge in [0.1, 0.15) is 17.8 Å². The molecule has 2 aromatic heterocycles. The first kappa shape index (κ1) is 33.8. The first-order valence-electron chi connectivity index (χ1n) is 16.0. The smallest absolute Gasteiger partial charge is 0.222 e. The Morgan fingerprint density at radius 2 is 1.77 bits per heavy atom. The summed E-state index contributed by atoms with van der Waals surface area (Å²) in [6.07, 6.45) is 9.69. The van der Waals surface area contributed by atoms with E-state index in [1.807, 2.05) is 25.8 Å². The minimum Gasteiger partial charge on any atom is -0.494 e. The quantitative estimate of drug-likeness (QED) is 0.317.